The van der Waals surface area contributed by atoms with Crippen LogP contribution >= 0.6 is 11.6 Å². The van der Waals surface area contributed by atoms with E-state index in [9.17, 15) is 18.0 Å². The van der Waals surface area contributed by atoms with Crippen LogP contribution in [0.5, 0.6) is 0 Å². The van der Waals surface area contributed by atoms with Crippen LogP contribution in [0.2, 0.25) is 5.02 Å². The zero-order valence-electron chi connectivity index (χ0n) is 13.5. The highest BCUT2D eigenvalue weighted by Crippen LogP contribution is 2.20. The first-order chi connectivity index (χ1) is 12.2. The van der Waals surface area contributed by atoms with Crippen LogP contribution in [0.1, 0.15) is 12.5 Å². The van der Waals surface area contributed by atoms with Gasteiger partial charge < -0.3 is 10.2 Å². The summed E-state index contributed by atoms with van der Waals surface area (Å²) in [6, 6.07) is 6.72. The molecule has 0 atom stereocenters. The summed E-state index contributed by atoms with van der Waals surface area (Å²) in [6.07, 6.45) is -3.49. The van der Waals surface area contributed by atoms with Crippen LogP contribution in [0.4, 0.5) is 13.2 Å². The summed E-state index contributed by atoms with van der Waals surface area (Å²) in [7, 11) is 0. The van der Waals surface area contributed by atoms with Crippen LogP contribution < -0.4 is 5.43 Å². The van der Waals surface area contributed by atoms with Crippen molar-refractivity contribution in [2.45, 2.75) is 19.6 Å². The minimum absolute atomic E-state index is 0.0574. The van der Waals surface area contributed by atoms with E-state index >= 15 is 0 Å². The Balaban J connectivity index is 2.17. The summed E-state index contributed by atoms with van der Waals surface area (Å²) in [4.78, 5) is 15.5. The molecular formula is C16H14ClF3N4O2. The van der Waals surface area contributed by atoms with Gasteiger partial charge >= 0.3 is 12.1 Å². The lowest BCUT2D eigenvalue weighted by molar-refractivity contribution is -0.135. The van der Waals surface area contributed by atoms with E-state index in [0.717, 1.165) is 5.39 Å². The summed E-state index contributed by atoms with van der Waals surface area (Å²) >= 11 is 5.86. The highest BCUT2D eigenvalue weighted by atomic mass is 35.5. The molecule has 0 unspecified atom stereocenters. The molecular weight excluding hydrogens is 373 g/mol. The number of carbonyl (C=O) groups is 1. The first-order valence-corrected chi connectivity index (χ1v) is 7.78. The molecule has 0 bridgehead atoms. The van der Waals surface area contributed by atoms with E-state index < -0.39 is 23.6 Å². The molecule has 0 aliphatic carbocycles. The van der Waals surface area contributed by atoms with Crippen LogP contribution in [-0.4, -0.2) is 35.2 Å². The third-order valence-electron chi connectivity index (χ3n) is 3.17. The van der Waals surface area contributed by atoms with Crippen molar-refractivity contribution in [1.29, 1.82) is 5.41 Å². The van der Waals surface area contributed by atoms with Gasteiger partial charge in [0.25, 0.3) is 0 Å². The molecule has 0 saturated carbocycles. The summed E-state index contributed by atoms with van der Waals surface area (Å²) in [5.41, 5.74) is 0.522. The van der Waals surface area contributed by atoms with Crippen molar-refractivity contribution in [3.8, 4) is 0 Å². The summed E-state index contributed by atoms with van der Waals surface area (Å²) in [5, 5.41) is 11.7. The van der Waals surface area contributed by atoms with Gasteiger partial charge in [0.1, 0.15) is 0 Å². The Hall–Kier alpha value is -2.68. The Morgan fingerprint density at radius 3 is 2.77 bits per heavy atom. The Morgan fingerprint density at radius 1 is 1.38 bits per heavy atom. The number of nitrogens with one attached hydrogen (secondary N) is 2. The lowest BCUT2D eigenvalue weighted by atomic mass is 10.1. The number of ether oxygens (including phenoxy) is 1. The molecule has 1 aromatic carbocycles. The third kappa shape index (κ3) is 4.92. The second-order valence-electron chi connectivity index (χ2n) is 5.07. The lowest BCUT2D eigenvalue weighted by Crippen LogP contribution is -2.38. The normalized spacial score (nSPS) is 12.1. The second kappa shape index (κ2) is 8.13. The van der Waals surface area contributed by atoms with Crippen molar-refractivity contribution in [1.82, 2.24) is 10.4 Å². The van der Waals surface area contributed by atoms with Gasteiger partial charge in [0.2, 0.25) is 0 Å². The van der Waals surface area contributed by atoms with Gasteiger partial charge in [0.15, 0.2) is 11.4 Å². The van der Waals surface area contributed by atoms with Gasteiger partial charge in [-0.25, -0.2) is 4.79 Å². The number of rotatable bonds is 6. The van der Waals surface area contributed by atoms with Crippen LogP contribution in [0, 0.1) is 5.41 Å². The Bertz CT molecular complexity index is 868. The number of hydrogen-bond acceptors (Lipinski definition) is 6. The summed E-state index contributed by atoms with van der Waals surface area (Å²) < 4.78 is 43.4. The smallest absolute Gasteiger partial charge is 0.437 e. The maximum atomic E-state index is 13.0. The number of hydrogen-bond donors (Lipinski definition) is 2. The van der Waals surface area contributed by atoms with Crippen molar-refractivity contribution in [2.24, 2.45) is 5.10 Å². The van der Waals surface area contributed by atoms with Crippen molar-refractivity contribution < 1.29 is 22.7 Å². The highest BCUT2D eigenvalue weighted by Gasteiger charge is 2.42. The fourth-order valence-electron chi connectivity index (χ4n) is 2.03. The predicted molar refractivity (Wildman–Crippen MR) is 91.4 cm³/mol. The number of hydrazone groups is 1. The minimum atomic E-state index is -4.97. The molecule has 138 valence electrons. The quantitative estimate of drug-likeness (QED) is 0.452. The maximum Gasteiger partial charge on any atom is 0.437 e. The molecule has 1 aromatic heterocycles. The number of nitrogens with zero attached hydrogens (tertiary/aromatic N) is 2. The average Bonchev–Trinajstić information content (AvgIpc) is 2.57. The van der Waals surface area contributed by atoms with Crippen molar-refractivity contribution in [2.75, 3.05) is 6.61 Å². The third-order valence-corrected chi connectivity index (χ3v) is 3.38. The largest absolute Gasteiger partial charge is 0.461 e. The fourth-order valence-corrected chi connectivity index (χ4v) is 2.20. The van der Waals surface area contributed by atoms with Crippen molar-refractivity contribution in [3.05, 3.63) is 41.0 Å². The van der Waals surface area contributed by atoms with E-state index in [-0.39, 0.29) is 13.2 Å². The van der Waals surface area contributed by atoms with Gasteiger partial charge in [-0.3, -0.25) is 10.4 Å². The Labute approximate surface area is 151 Å². The molecule has 2 aromatic rings. The Kier molecular flexibility index (Phi) is 6.14. The van der Waals surface area contributed by atoms with Gasteiger partial charge in [-0.1, -0.05) is 17.7 Å². The molecule has 0 aliphatic heterocycles. The first-order valence-electron chi connectivity index (χ1n) is 7.40. The van der Waals surface area contributed by atoms with Crippen molar-refractivity contribution >= 4 is 39.9 Å². The van der Waals surface area contributed by atoms with Crippen LogP contribution in [0.25, 0.3) is 10.9 Å². The average molecular weight is 387 g/mol. The molecule has 0 fully saturated rings. The lowest BCUT2D eigenvalue weighted by Gasteiger charge is -2.11. The number of benzene rings is 1. The highest BCUT2D eigenvalue weighted by molar-refractivity contribution is 6.65. The molecule has 2 N–H and O–H groups in total. The topological polar surface area (TPSA) is 87.4 Å². The molecule has 0 aliphatic rings. The van der Waals surface area contributed by atoms with Crippen LogP contribution in [-0.2, 0) is 16.1 Å². The molecule has 26 heavy (non-hydrogen) atoms. The second-order valence-corrected chi connectivity index (χ2v) is 5.51. The number of fused-ring (bicyclic) bond motifs is 1. The van der Waals surface area contributed by atoms with Crippen molar-refractivity contribution in [3.63, 3.8) is 0 Å². The zero-order valence-corrected chi connectivity index (χ0v) is 14.3. The van der Waals surface area contributed by atoms with E-state index in [2.05, 4.69) is 20.2 Å². The van der Waals surface area contributed by atoms with Crippen LogP contribution in [0.3, 0.4) is 0 Å². The number of aromatic nitrogens is 1. The van der Waals surface area contributed by atoms with E-state index in [4.69, 9.17) is 17.0 Å². The number of esters is 1. The zero-order chi connectivity index (χ0) is 19.3. The summed E-state index contributed by atoms with van der Waals surface area (Å²) in [5.74, 6) is -1.39. The van der Waals surface area contributed by atoms with Gasteiger partial charge in [-0.2, -0.15) is 18.3 Å². The van der Waals surface area contributed by atoms with E-state index in [1.807, 2.05) is 0 Å². The molecule has 0 saturated heterocycles. The van der Waals surface area contributed by atoms with Gasteiger partial charge in [-0.15, -0.1) is 0 Å². The molecule has 0 spiro atoms. The van der Waals surface area contributed by atoms with Crippen LogP contribution in [0.15, 0.2) is 35.6 Å². The van der Waals surface area contributed by atoms with E-state index in [1.54, 1.807) is 24.3 Å². The Morgan fingerprint density at radius 2 is 2.12 bits per heavy atom. The molecule has 10 heteroatoms. The molecule has 1 heterocycles. The number of carbonyl (C=O) groups excluding carboxylic acids is 1. The number of alkyl halides is 3. The SMILES string of the molecule is CCOC(=O)C(=N)/C(=N\NCc1ccc2ncc(Cl)cc2c1)C(F)(F)F. The van der Waals surface area contributed by atoms with Gasteiger partial charge in [0.05, 0.1) is 23.7 Å². The van der Waals surface area contributed by atoms with Gasteiger partial charge in [0, 0.05) is 11.6 Å². The van der Waals surface area contributed by atoms with Gasteiger partial charge in [-0.05, 0) is 30.7 Å². The number of halogens is 4. The monoisotopic (exact) mass is 386 g/mol. The molecule has 0 radical (unpaired) electrons. The summed E-state index contributed by atoms with van der Waals surface area (Å²) in [6.45, 7) is 1.22. The molecule has 2 rings (SSSR count). The predicted octanol–water partition coefficient (Wildman–Crippen LogP) is 3.48. The standard InChI is InChI=1S/C16H14ClF3N4O2/c1-2-26-15(25)13(21)14(16(18,19)20)24-23-7-9-3-4-12-10(5-9)6-11(17)8-22-12/h3-6,8,21,23H,2,7H2,1H3/b21-13?,24-14+. The van der Waals surface area contributed by atoms with E-state index in [0.29, 0.717) is 16.1 Å². The molecule has 0 amide bonds. The first kappa shape index (κ1) is 19.6. The van der Waals surface area contributed by atoms with E-state index in [1.165, 1.54) is 13.1 Å². The fraction of sp³-hybridized carbons (Fsp3) is 0.250. The maximum absolute atomic E-state index is 13.0. The molecule has 6 nitrogen and oxygen atoms in total. The number of pyridine rings is 1. The minimum Gasteiger partial charge on any atom is -0.461 e.